The molecule has 1 aliphatic heterocycles. The Morgan fingerprint density at radius 1 is 0.952 bits per heavy atom. The average Bonchev–Trinajstić information content (AvgIpc) is 2.53. The van der Waals surface area contributed by atoms with E-state index < -0.39 is 5.97 Å². The van der Waals surface area contributed by atoms with Gasteiger partial charge in [-0.3, -0.25) is 4.79 Å². The first kappa shape index (κ1) is 13.9. The Balaban J connectivity index is 1.84. The van der Waals surface area contributed by atoms with Gasteiger partial charge >= 0.3 is 5.97 Å². The number of hydrogen-bond donors (Lipinski definition) is 1. The van der Waals surface area contributed by atoms with E-state index in [4.69, 9.17) is 0 Å². The first-order chi connectivity index (χ1) is 10.2. The van der Waals surface area contributed by atoms with Gasteiger partial charge in [0.05, 0.1) is 0 Å². The van der Waals surface area contributed by atoms with E-state index in [0.717, 1.165) is 19.3 Å². The average molecular weight is 285 g/mol. The van der Waals surface area contributed by atoms with Crippen molar-refractivity contribution in [2.75, 3.05) is 6.54 Å². The Morgan fingerprint density at radius 3 is 2.33 bits per heavy atom. The molecule has 4 heteroatoms. The third-order valence-electron chi connectivity index (χ3n) is 4.40. The van der Waals surface area contributed by atoms with Crippen molar-refractivity contribution in [3.8, 4) is 0 Å². The van der Waals surface area contributed by atoms with Crippen molar-refractivity contribution in [2.45, 2.75) is 38.6 Å². The van der Waals surface area contributed by atoms with E-state index in [-0.39, 0.29) is 5.91 Å². The van der Waals surface area contributed by atoms with Gasteiger partial charge < -0.3 is 10.0 Å². The maximum atomic E-state index is 12.7. The molecule has 0 atom stereocenters. The number of benzene rings is 1. The molecule has 0 saturated heterocycles. The van der Waals surface area contributed by atoms with Crippen molar-refractivity contribution in [2.24, 2.45) is 0 Å². The number of carbonyl (C=O) groups excluding carboxylic acids is 1. The Labute approximate surface area is 124 Å². The summed E-state index contributed by atoms with van der Waals surface area (Å²) in [6.07, 6.45) is 3.72. The fourth-order valence-electron chi connectivity index (χ4n) is 3.24. The van der Waals surface area contributed by atoms with E-state index in [1.807, 2.05) is 18.2 Å². The Kier molecular flexibility index (Phi) is 3.78. The highest BCUT2D eigenvalue weighted by atomic mass is 16.4. The van der Waals surface area contributed by atoms with Gasteiger partial charge in [-0.2, -0.15) is 0 Å². The second kappa shape index (κ2) is 5.72. The minimum Gasteiger partial charge on any atom is -0.478 e. The number of fused-ring (bicyclic) bond motifs is 1. The van der Waals surface area contributed by atoms with Crippen LogP contribution in [-0.4, -0.2) is 28.4 Å². The number of rotatable bonds is 2. The van der Waals surface area contributed by atoms with Crippen molar-refractivity contribution < 1.29 is 14.7 Å². The standard InChI is InChI=1S/C17H19NO3/c19-16(14-7-3-4-8-15(14)17(20)21)18-10-9-12-5-1-2-6-13(12)11-18/h1-2,5-6H,3-4,7-11H2,(H,20,21). The summed E-state index contributed by atoms with van der Waals surface area (Å²) in [4.78, 5) is 25.8. The van der Waals surface area contributed by atoms with E-state index in [2.05, 4.69) is 6.07 Å². The van der Waals surface area contributed by atoms with E-state index in [1.54, 1.807) is 4.90 Å². The van der Waals surface area contributed by atoms with Crippen LogP contribution in [0.5, 0.6) is 0 Å². The lowest BCUT2D eigenvalue weighted by Crippen LogP contribution is -2.38. The topological polar surface area (TPSA) is 57.6 Å². The third kappa shape index (κ3) is 2.71. The number of nitrogens with zero attached hydrogens (tertiary/aromatic N) is 1. The van der Waals surface area contributed by atoms with Crippen LogP contribution in [0.4, 0.5) is 0 Å². The van der Waals surface area contributed by atoms with Crippen molar-refractivity contribution in [3.05, 3.63) is 46.5 Å². The molecule has 0 spiro atoms. The van der Waals surface area contributed by atoms with Crippen LogP contribution >= 0.6 is 0 Å². The summed E-state index contributed by atoms with van der Waals surface area (Å²) in [5, 5.41) is 9.29. The van der Waals surface area contributed by atoms with Gasteiger partial charge in [0, 0.05) is 24.2 Å². The summed E-state index contributed by atoms with van der Waals surface area (Å²) in [5.41, 5.74) is 3.31. The van der Waals surface area contributed by atoms with E-state index in [0.29, 0.717) is 37.1 Å². The highest BCUT2D eigenvalue weighted by Crippen LogP contribution is 2.28. The number of amides is 1. The molecule has 0 unspecified atom stereocenters. The van der Waals surface area contributed by atoms with Crippen LogP contribution < -0.4 is 0 Å². The number of carboxylic acid groups (broad SMARTS) is 1. The first-order valence-corrected chi connectivity index (χ1v) is 7.48. The summed E-state index contributed by atoms with van der Waals surface area (Å²) in [5.74, 6) is -1.02. The van der Waals surface area contributed by atoms with Crippen LogP contribution in [0, 0.1) is 0 Å². The molecule has 1 N–H and O–H groups in total. The molecule has 0 saturated carbocycles. The molecule has 1 aromatic carbocycles. The van der Waals surface area contributed by atoms with Crippen LogP contribution in [0.15, 0.2) is 35.4 Å². The lowest BCUT2D eigenvalue weighted by Gasteiger charge is -2.31. The zero-order valence-corrected chi connectivity index (χ0v) is 12.0. The minimum atomic E-state index is -0.935. The molecule has 0 bridgehead atoms. The molecule has 1 amide bonds. The number of aliphatic carboxylic acids is 1. The Bertz CT molecular complexity index is 618. The zero-order valence-electron chi connectivity index (χ0n) is 12.0. The second-order valence-corrected chi connectivity index (χ2v) is 5.71. The molecular formula is C17H19NO3. The van der Waals surface area contributed by atoms with E-state index in [1.165, 1.54) is 11.1 Å². The number of carbonyl (C=O) groups is 2. The molecule has 2 aliphatic rings. The maximum absolute atomic E-state index is 12.7. The fourth-order valence-corrected chi connectivity index (χ4v) is 3.24. The molecule has 1 aromatic rings. The van der Waals surface area contributed by atoms with Gasteiger partial charge in [0.15, 0.2) is 0 Å². The maximum Gasteiger partial charge on any atom is 0.332 e. The third-order valence-corrected chi connectivity index (χ3v) is 4.40. The van der Waals surface area contributed by atoms with Crippen molar-refractivity contribution in [3.63, 3.8) is 0 Å². The Morgan fingerprint density at radius 2 is 1.62 bits per heavy atom. The van der Waals surface area contributed by atoms with Crippen molar-refractivity contribution in [1.29, 1.82) is 0 Å². The SMILES string of the molecule is O=C(O)C1=C(C(=O)N2CCc3ccccc3C2)CCCC1. The summed E-state index contributed by atoms with van der Waals surface area (Å²) in [6, 6.07) is 8.14. The lowest BCUT2D eigenvalue weighted by molar-refractivity contribution is -0.134. The predicted octanol–water partition coefficient (Wildman–Crippen LogP) is 2.53. The second-order valence-electron chi connectivity index (χ2n) is 5.71. The first-order valence-electron chi connectivity index (χ1n) is 7.48. The minimum absolute atomic E-state index is 0.0818. The van der Waals surface area contributed by atoms with Crippen LogP contribution in [0.2, 0.25) is 0 Å². The molecule has 0 fully saturated rings. The molecule has 110 valence electrons. The van der Waals surface area contributed by atoms with Gasteiger partial charge in [0.1, 0.15) is 0 Å². The Hall–Kier alpha value is -2.10. The highest BCUT2D eigenvalue weighted by molar-refractivity contribution is 6.02. The number of carboxylic acids is 1. The monoisotopic (exact) mass is 285 g/mol. The van der Waals surface area contributed by atoms with Crippen LogP contribution in [-0.2, 0) is 22.6 Å². The van der Waals surface area contributed by atoms with Gasteiger partial charge in [-0.1, -0.05) is 24.3 Å². The fraction of sp³-hybridized carbons (Fsp3) is 0.412. The summed E-state index contributed by atoms with van der Waals surface area (Å²) < 4.78 is 0. The van der Waals surface area contributed by atoms with Gasteiger partial charge in [-0.25, -0.2) is 4.79 Å². The van der Waals surface area contributed by atoms with Crippen LogP contribution in [0.25, 0.3) is 0 Å². The molecule has 1 heterocycles. The zero-order chi connectivity index (χ0) is 14.8. The molecule has 21 heavy (non-hydrogen) atoms. The van der Waals surface area contributed by atoms with Crippen LogP contribution in [0.1, 0.15) is 36.8 Å². The molecule has 3 rings (SSSR count). The van der Waals surface area contributed by atoms with Crippen LogP contribution in [0.3, 0.4) is 0 Å². The largest absolute Gasteiger partial charge is 0.478 e. The molecule has 0 aromatic heterocycles. The highest BCUT2D eigenvalue weighted by Gasteiger charge is 2.28. The van der Waals surface area contributed by atoms with Gasteiger partial charge in [-0.15, -0.1) is 0 Å². The van der Waals surface area contributed by atoms with E-state index >= 15 is 0 Å². The lowest BCUT2D eigenvalue weighted by atomic mass is 9.90. The molecule has 4 nitrogen and oxygen atoms in total. The summed E-state index contributed by atoms with van der Waals surface area (Å²) in [7, 11) is 0. The molecule has 0 radical (unpaired) electrons. The van der Waals surface area contributed by atoms with Crippen molar-refractivity contribution in [1.82, 2.24) is 4.90 Å². The molecule has 1 aliphatic carbocycles. The molecular weight excluding hydrogens is 266 g/mol. The normalized spacial score (nSPS) is 18.4. The number of hydrogen-bond acceptors (Lipinski definition) is 2. The van der Waals surface area contributed by atoms with Gasteiger partial charge in [0.25, 0.3) is 5.91 Å². The van der Waals surface area contributed by atoms with Gasteiger partial charge in [-0.05, 0) is 43.2 Å². The van der Waals surface area contributed by atoms with Crippen molar-refractivity contribution >= 4 is 11.9 Å². The van der Waals surface area contributed by atoms with E-state index in [9.17, 15) is 14.7 Å². The summed E-state index contributed by atoms with van der Waals surface area (Å²) in [6.45, 7) is 1.26. The predicted molar refractivity (Wildman–Crippen MR) is 78.7 cm³/mol. The quantitative estimate of drug-likeness (QED) is 0.908. The smallest absolute Gasteiger partial charge is 0.332 e. The summed E-state index contributed by atoms with van der Waals surface area (Å²) >= 11 is 0. The van der Waals surface area contributed by atoms with Gasteiger partial charge in [0.2, 0.25) is 0 Å².